The molecule has 1 aromatic rings. The lowest BCUT2D eigenvalue weighted by Gasteiger charge is -2.47. The smallest absolute Gasteiger partial charge is 0.317 e. The lowest BCUT2D eigenvalue weighted by molar-refractivity contribution is 0.0492. The van der Waals surface area contributed by atoms with Crippen LogP contribution in [0, 0.1) is 0 Å². The molecular weight excluding hydrogens is 316 g/mol. The summed E-state index contributed by atoms with van der Waals surface area (Å²) >= 11 is 0. The highest BCUT2D eigenvalue weighted by Crippen LogP contribution is 2.32. The third kappa shape index (κ3) is 4.70. The second kappa shape index (κ2) is 8.63. The molecule has 0 aliphatic carbocycles. The van der Waals surface area contributed by atoms with Gasteiger partial charge in [-0.15, -0.1) is 0 Å². The largest absolute Gasteiger partial charge is 0.396 e. The van der Waals surface area contributed by atoms with Crippen LogP contribution in [0.25, 0.3) is 0 Å². The minimum Gasteiger partial charge on any atom is -0.396 e. The number of pyridine rings is 1. The second-order valence-corrected chi connectivity index (χ2v) is 7.38. The fourth-order valence-electron chi connectivity index (χ4n) is 4.22. The molecule has 2 aliphatic heterocycles. The van der Waals surface area contributed by atoms with Gasteiger partial charge >= 0.3 is 6.03 Å². The van der Waals surface area contributed by atoms with Crippen LogP contribution in [0.15, 0.2) is 24.5 Å². The summed E-state index contributed by atoms with van der Waals surface area (Å²) in [5, 5.41) is 12.4. The van der Waals surface area contributed by atoms with Crippen molar-refractivity contribution in [2.75, 3.05) is 20.2 Å². The Morgan fingerprint density at radius 2 is 2.00 bits per heavy atom. The maximum atomic E-state index is 12.8. The van der Waals surface area contributed by atoms with Gasteiger partial charge in [-0.05, 0) is 56.8 Å². The Morgan fingerprint density at radius 1 is 1.32 bits per heavy atom. The number of piperidine rings is 2. The number of rotatable bonds is 6. The van der Waals surface area contributed by atoms with E-state index in [2.05, 4.69) is 22.2 Å². The van der Waals surface area contributed by atoms with E-state index in [0.29, 0.717) is 31.6 Å². The lowest BCUT2D eigenvalue weighted by Crippen LogP contribution is -2.56. The van der Waals surface area contributed by atoms with Gasteiger partial charge in [0.2, 0.25) is 0 Å². The van der Waals surface area contributed by atoms with E-state index >= 15 is 0 Å². The highest BCUT2D eigenvalue weighted by atomic mass is 16.3. The Hall–Kier alpha value is -1.66. The van der Waals surface area contributed by atoms with Crippen LogP contribution in [0.1, 0.15) is 44.1 Å². The Kier molecular flexibility index (Phi) is 6.26. The predicted molar refractivity (Wildman–Crippen MR) is 97.1 cm³/mol. The maximum Gasteiger partial charge on any atom is 0.317 e. The fourth-order valence-corrected chi connectivity index (χ4v) is 4.22. The minimum absolute atomic E-state index is 0.0158. The number of hydrogen-bond donors (Lipinski definition) is 2. The zero-order valence-corrected chi connectivity index (χ0v) is 15.1. The highest BCUT2D eigenvalue weighted by molar-refractivity contribution is 5.74. The van der Waals surface area contributed by atoms with Gasteiger partial charge in [0, 0.05) is 50.2 Å². The summed E-state index contributed by atoms with van der Waals surface area (Å²) in [6.45, 7) is 1.20. The molecule has 25 heavy (non-hydrogen) atoms. The molecular formula is C19H30N4O2. The van der Waals surface area contributed by atoms with Gasteiger partial charge in [-0.3, -0.25) is 4.98 Å². The maximum absolute atomic E-state index is 12.8. The number of urea groups is 1. The van der Waals surface area contributed by atoms with Crippen LogP contribution < -0.4 is 5.32 Å². The zero-order valence-electron chi connectivity index (χ0n) is 15.1. The molecule has 3 rings (SSSR count). The van der Waals surface area contributed by atoms with Crippen LogP contribution in [0.5, 0.6) is 0 Å². The number of aromatic nitrogens is 1. The van der Waals surface area contributed by atoms with E-state index in [1.165, 1.54) is 19.3 Å². The van der Waals surface area contributed by atoms with Crippen molar-refractivity contribution in [2.45, 2.75) is 63.2 Å². The summed E-state index contributed by atoms with van der Waals surface area (Å²) in [6.07, 6.45) is 9.96. The first kappa shape index (κ1) is 18.1. The van der Waals surface area contributed by atoms with E-state index in [1.807, 2.05) is 12.1 Å². The number of nitrogens with zero attached hydrogens (tertiary/aromatic N) is 3. The summed E-state index contributed by atoms with van der Waals surface area (Å²) in [6, 6.07) is 5.30. The average molecular weight is 346 g/mol. The molecule has 2 bridgehead atoms. The summed E-state index contributed by atoms with van der Waals surface area (Å²) in [4.78, 5) is 21.2. The quantitative estimate of drug-likeness (QED) is 0.827. The van der Waals surface area contributed by atoms with Gasteiger partial charge in [0.15, 0.2) is 0 Å². The van der Waals surface area contributed by atoms with Crippen LogP contribution >= 0.6 is 0 Å². The molecule has 0 spiro atoms. The van der Waals surface area contributed by atoms with Crippen molar-refractivity contribution >= 4 is 6.03 Å². The number of carbonyl (C=O) groups excluding carboxylic acids is 1. The Balaban J connectivity index is 1.60. The molecule has 6 nitrogen and oxygen atoms in total. The van der Waals surface area contributed by atoms with Crippen molar-refractivity contribution in [3.05, 3.63) is 30.1 Å². The van der Waals surface area contributed by atoms with Crippen molar-refractivity contribution in [2.24, 2.45) is 0 Å². The first-order valence-electron chi connectivity index (χ1n) is 9.44. The Morgan fingerprint density at radius 3 is 2.64 bits per heavy atom. The molecule has 2 atom stereocenters. The van der Waals surface area contributed by atoms with E-state index in [9.17, 15) is 4.79 Å². The van der Waals surface area contributed by atoms with E-state index in [0.717, 1.165) is 18.4 Å². The monoisotopic (exact) mass is 346 g/mol. The molecule has 2 fully saturated rings. The Bertz CT molecular complexity index is 540. The predicted octanol–water partition coefficient (Wildman–Crippen LogP) is 1.99. The van der Waals surface area contributed by atoms with Gasteiger partial charge in [-0.1, -0.05) is 6.42 Å². The lowest BCUT2D eigenvalue weighted by atomic mass is 9.82. The molecule has 2 saturated heterocycles. The third-order valence-electron chi connectivity index (χ3n) is 5.66. The van der Waals surface area contributed by atoms with Crippen molar-refractivity contribution in [3.8, 4) is 0 Å². The standard InChI is InChI=1S/C19H30N4O2/c1-22-17-4-2-5-18(22)13-16(12-17)21-19(25)23(10-3-11-24)14-15-6-8-20-9-7-15/h6-9,16-18,24H,2-5,10-14H2,1H3,(H,21,25). The molecule has 2 unspecified atom stereocenters. The minimum atomic E-state index is -0.0158. The molecule has 138 valence electrons. The number of hydrogen-bond acceptors (Lipinski definition) is 4. The summed E-state index contributed by atoms with van der Waals surface area (Å²) in [5.41, 5.74) is 1.06. The van der Waals surface area contributed by atoms with Gasteiger partial charge in [0.05, 0.1) is 0 Å². The van der Waals surface area contributed by atoms with Crippen LogP contribution in [0.2, 0.25) is 0 Å². The number of aliphatic hydroxyl groups is 1. The molecule has 1 aromatic heterocycles. The number of aliphatic hydroxyl groups excluding tert-OH is 1. The molecule has 2 N–H and O–H groups in total. The number of amides is 2. The summed E-state index contributed by atoms with van der Waals surface area (Å²) < 4.78 is 0. The van der Waals surface area contributed by atoms with Gasteiger partial charge in [0.1, 0.15) is 0 Å². The molecule has 0 saturated carbocycles. The van der Waals surface area contributed by atoms with Crippen LogP contribution in [0.4, 0.5) is 4.79 Å². The van der Waals surface area contributed by atoms with Gasteiger partial charge in [-0.2, -0.15) is 0 Å². The highest BCUT2D eigenvalue weighted by Gasteiger charge is 2.36. The SMILES string of the molecule is CN1C2CCCC1CC(NC(=O)N(CCCO)Cc1ccncc1)C2. The average Bonchev–Trinajstić information content (AvgIpc) is 2.60. The first-order valence-corrected chi connectivity index (χ1v) is 9.44. The fraction of sp³-hybridized carbons (Fsp3) is 0.684. The van der Waals surface area contributed by atoms with Gasteiger partial charge < -0.3 is 20.2 Å². The number of carbonyl (C=O) groups is 1. The van der Waals surface area contributed by atoms with E-state index in [1.54, 1.807) is 17.3 Å². The van der Waals surface area contributed by atoms with Gasteiger partial charge in [0.25, 0.3) is 0 Å². The normalized spacial score (nSPS) is 26.2. The molecule has 2 amide bonds. The third-order valence-corrected chi connectivity index (χ3v) is 5.66. The van der Waals surface area contributed by atoms with Crippen molar-refractivity contribution in [1.29, 1.82) is 0 Å². The molecule has 6 heteroatoms. The number of nitrogens with one attached hydrogen (secondary N) is 1. The molecule has 2 aliphatic rings. The molecule has 0 aromatic carbocycles. The first-order chi connectivity index (χ1) is 12.2. The Labute approximate surface area is 150 Å². The number of fused-ring (bicyclic) bond motifs is 2. The molecule has 3 heterocycles. The van der Waals surface area contributed by atoms with Crippen molar-refractivity contribution in [3.63, 3.8) is 0 Å². The molecule has 0 radical (unpaired) electrons. The van der Waals surface area contributed by atoms with Crippen LogP contribution in [0.3, 0.4) is 0 Å². The van der Waals surface area contributed by atoms with Crippen LogP contribution in [-0.2, 0) is 6.54 Å². The van der Waals surface area contributed by atoms with Gasteiger partial charge in [-0.25, -0.2) is 4.79 Å². The van der Waals surface area contributed by atoms with Crippen LogP contribution in [-0.4, -0.2) is 64.2 Å². The zero-order chi connectivity index (χ0) is 17.6. The van der Waals surface area contributed by atoms with Crippen molar-refractivity contribution < 1.29 is 9.90 Å². The van der Waals surface area contributed by atoms with E-state index in [4.69, 9.17) is 5.11 Å². The second-order valence-electron chi connectivity index (χ2n) is 7.38. The topological polar surface area (TPSA) is 68.7 Å². The van der Waals surface area contributed by atoms with E-state index < -0.39 is 0 Å². The summed E-state index contributed by atoms with van der Waals surface area (Å²) in [5.74, 6) is 0. The summed E-state index contributed by atoms with van der Waals surface area (Å²) in [7, 11) is 2.23. The van der Waals surface area contributed by atoms with Crippen molar-refractivity contribution in [1.82, 2.24) is 20.1 Å². The van der Waals surface area contributed by atoms with E-state index in [-0.39, 0.29) is 18.7 Å².